The van der Waals surface area contributed by atoms with Crippen molar-refractivity contribution in [2.24, 2.45) is 5.92 Å². The number of amides is 2. The van der Waals surface area contributed by atoms with Gasteiger partial charge in [0.25, 0.3) is 0 Å². The fourth-order valence-electron chi connectivity index (χ4n) is 3.16. The number of aliphatic hydroxyl groups is 1. The number of hydrogen-bond acceptors (Lipinski definition) is 3. The molecule has 1 N–H and O–H groups in total. The van der Waals surface area contributed by atoms with E-state index in [-0.39, 0.29) is 24.8 Å². The van der Waals surface area contributed by atoms with Crippen LogP contribution < -0.4 is 0 Å². The topological polar surface area (TPSA) is 60.9 Å². The van der Waals surface area contributed by atoms with E-state index in [0.29, 0.717) is 31.8 Å². The van der Waals surface area contributed by atoms with Crippen LogP contribution in [0.25, 0.3) is 0 Å². The molecule has 0 spiro atoms. The number of nitrogens with zero attached hydrogens (tertiary/aromatic N) is 2. The molecule has 2 rings (SSSR count). The Morgan fingerprint density at radius 3 is 2.50 bits per heavy atom. The molecule has 0 aromatic carbocycles. The third kappa shape index (κ3) is 3.72. The number of piperazine rings is 1. The average molecular weight is 282 g/mol. The van der Waals surface area contributed by atoms with Gasteiger partial charge < -0.3 is 14.9 Å². The Kier molecular flexibility index (Phi) is 4.68. The van der Waals surface area contributed by atoms with Crippen LogP contribution in [0.4, 0.5) is 0 Å². The smallest absolute Gasteiger partial charge is 0.242 e. The second-order valence-electron chi connectivity index (χ2n) is 6.66. The lowest BCUT2D eigenvalue weighted by Crippen LogP contribution is -2.53. The summed E-state index contributed by atoms with van der Waals surface area (Å²) >= 11 is 0. The molecule has 2 fully saturated rings. The zero-order chi connectivity index (χ0) is 14.8. The molecule has 0 radical (unpaired) electrons. The Labute approximate surface area is 120 Å². The number of carbonyl (C=O) groups is 2. The van der Waals surface area contributed by atoms with Gasteiger partial charge in [-0.05, 0) is 18.8 Å². The van der Waals surface area contributed by atoms with Gasteiger partial charge in [-0.1, -0.05) is 26.7 Å². The highest BCUT2D eigenvalue weighted by atomic mass is 16.3. The predicted octanol–water partition coefficient (Wildman–Crippen LogP) is 1.01. The van der Waals surface area contributed by atoms with Gasteiger partial charge in [0, 0.05) is 19.6 Å². The van der Waals surface area contributed by atoms with Crippen molar-refractivity contribution in [3.8, 4) is 0 Å². The van der Waals surface area contributed by atoms with Crippen LogP contribution in [-0.4, -0.2) is 58.5 Å². The van der Waals surface area contributed by atoms with Crippen molar-refractivity contribution >= 4 is 11.8 Å². The van der Waals surface area contributed by atoms with E-state index in [1.807, 2.05) is 4.90 Å². The summed E-state index contributed by atoms with van der Waals surface area (Å²) in [6.07, 6.45) is 3.57. The molecule has 114 valence electrons. The first-order valence-corrected chi connectivity index (χ1v) is 7.67. The van der Waals surface area contributed by atoms with Crippen LogP contribution in [0.15, 0.2) is 0 Å². The third-order valence-corrected chi connectivity index (χ3v) is 4.27. The molecule has 0 atom stereocenters. The molecule has 0 unspecified atom stereocenters. The summed E-state index contributed by atoms with van der Waals surface area (Å²) in [6.45, 7) is 6.29. The van der Waals surface area contributed by atoms with Gasteiger partial charge in [0.2, 0.25) is 11.8 Å². The first-order valence-electron chi connectivity index (χ1n) is 7.67. The molecule has 0 aromatic rings. The third-order valence-electron chi connectivity index (χ3n) is 4.27. The molecule has 0 bridgehead atoms. The molecule has 2 amide bonds. The molecule has 2 aliphatic rings. The van der Waals surface area contributed by atoms with E-state index >= 15 is 0 Å². The highest BCUT2D eigenvalue weighted by Crippen LogP contribution is 2.32. The van der Waals surface area contributed by atoms with Crippen LogP contribution in [0.2, 0.25) is 0 Å². The Balaban J connectivity index is 1.85. The lowest BCUT2D eigenvalue weighted by molar-refractivity contribution is -0.148. The number of carbonyl (C=O) groups excluding carboxylic acids is 2. The summed E-state index contributed by atoms with van der Waals surface area (Å²) in [5.41, 5.74) is -0.824. The minimum Gasteiger partial charge on any atom is -0.389 e. The molecule has 1 saturated carbocycles. The standard InChI is InChI=1S/C15H26N2O3/c1-12(2)10-16-7-8-17(11-14(16)19)13(18)9-15(20)5-3-4-6-15/h12,20H,3-11H2,1-2H3. The summed E-state index contributed by atoms with van der Waals surface area (Å²) in [7, 11) is 0. The van der Waals surface area contributed by atoms with Crippen molar-refractivity contribution in [3.05, 3.63) is 0 Å². The van der Waals surface area contributed by atoms with Crippen LogP contribution in [0.3, 0.4) is 0 Å². The summed E-state index contributed by atoms with van der Waals surface area (Å²) < 4.78 is 0. The monoisotopic (exact) mass is 282 g/mol. The Morgan fingerprint density at radius 2 is 1.95 bits per heavy atom. The maximum absolute atomic E-state index is 12.2. The van der Waals surface area contributed by atoms with E-state index in [9.17, 15) is 14.7 Å². The molecule has 1 heterocycles. The first kappa shape index (κ1) is 15.3. The number of rotatable bonds is 4. The molecule has 0 aromatic heterocycles. The van der Waals surface area contributed by atoms with Crippen LogP contribution in [-0.2, 0) is 9.59 Å². The van der Waals surface area contributed by atoms with Gasteiger partial charge >= 0.3 is 0 Å². The van der Waals surface area contributed by atoms with Gasteiger partial charge in [-0.15, -0.1) is 0 Å². The zero-order valence-electron chi connectivity index (χ0n) is 12.6. The molecular formula is C15H26N2O3. The highest BCUT2D eigenvalue weighted by Gasteiger charge is 2.36. The molecule has 1 aliphatic heterocycles. The van der Waals surface area contributed by atoms with Crippen LogP contribution in [0.5, 0.6) is 0 Å². The molecule has 5 nitrogen and oxygen atoms in total. The zero-order valence-corrected chi connectivity index (χ0v) is 12.6. The lowest BCUT2D eigenvalue weighted by Gasteiger charge is -2.36. The quantitative estimate of drug-likeness (QED) is 0.837. The number of hydrogen-bond donors (Lipinski definition) is 1. The average Bonchev–Trinajstić information content (AvgIpc) is 2.77. The normalized spacial score (nSPS) is 22.7. The maximum atomic E-state index is 12.2. The van der Waals surface area contributed by atoms with Crippen LogP contribution >= 0.6 is 0 Å². The van der Waals surface area contributed by atoms with Crippen LogP contribution in [0, 0.1) is 5.92 Å². The van der Waals surface area contributed by atoms with Gasteiger partial charge in [-0.2, -0.15) is 0 Å². The largest absolute Gasteiger partial charge is 0.389 e. The Bertz CT molecular complexity index is 375. The van der Waals surface area contributed by atoms with E-state index in [1.54, 1.807) is 4.90 Å². The van der Waals surface area contributed by atoms with Crippen LogP contribution in [0.1, 0.15) is 46.0 Å². The SMILES string of the molecule is CC(C)CN1CCN(C(=O)CC2(O)CCCC2)CC1=O. The second kappa shape index (κ2) is 6.12. The molecule has 20 heavy (non-hydrogen) atoms. The molecular weight excluding hydrogens is 256 g/mol. The van der Waals surface area contributed by atoms with E-state index in [1.165, 1.54) is 0 Å². The van der Waals surface area contributed by atoms with Gasteiger partial charge in [0.15, 0.2) is 0 Å². The van der Waals surface area contributed by atoms with Crippen molar-refractivity contribution in [2.45, 2.75) is 51.6 Å². The van der Waals surface area contributed by atoms with Crippen molar-refractivity contribution in [3.63, 3.8) is 0 Å². The Hall–Kier alpha value is -1.10. The minimum absolute atomic E-state index is 0.0247. The Morgan fingerprint density at radius 1 is 1.30 bits per heavy atom. The van der Waals surface area contributed by atoms with E-state index < -0.39 is 5.60 Å². The van der Waals surface area contributed by atoms with E-state index in [0.717, 1.165) is 19.4 Å². The summed E-state index contributed by atoms with van der Waals surface area (Å²) in [6, 6.07) is 0. The molecule has 1 saturated heterocycles. The summed E-state index contributed by atoms with van der Waals surface area (Å²) in [4.78, 5) is 27.7. The molecule has 5 heteroatoms. The second-order valence-corrected chi connectivity index (χ2v) is 6.66. The van der Waals surface area contributed by atoms with Crippen molar-refractivity contribution in [1.29, 1.82) is 0 Å². The predicted molar refractivity (Wildman–Crippen MR) is 76.0 cm³/mol. The van der Waals surface area contributed by atoms with Crippen molar-refractivity contribution in [1.82, 2.24) is 9.80 Å². The van der Waals surface area contributed by atoms with Gasteiger partial charge in [-0.25, -0.2) is 0 Å². The lowest BCUT2D eigenvalue weighted by atomic mass is 9.97. The van der Waals surface area contributed by atoms with E-state index in [2.05, 4.69) is 13.8 Å². The minimum atomic E-state index is -0.824. The summed E-state index contributed by atoms with van der Waals surface area (Å²) in [5.74, 6) is 0.393. The maximum Gasteiger partial charge on any atom is 0.242 e. The van der Waals surface area contributed by atoms with Gasteiger partial charge in [-0.3, -0.25) is 9.59 Å². The van der Waals surface area contributed by atoms with Gasteiger partial charge in [0.05, 0.1) is 18.6 Å². The van der Waals surface area contributed by atoms with Crippen molar-refractivity contribution in [2.75, 3.05) is 26.2 Å². The summed E-state index contributed by atoms with van der Waals surface area (Å²) in [5, 5.41) is 10.3. The van der Waals surface area contributed by atoms with E-state index in [4.69, 9.17) is 0 Å². The molecule has 1 aliphatic carbocycles. The van der Waals surface area contributed by atoms with Gasteiger partial charge in [0.1, 0.15) is 0 Å². The highest BCUT2D eigenvalue weighted by molar-refractivity contribution is 5.86. The first-order chi connectivity index (χ1) is 9.39. The fourth-order valence-corrected chi connectivity index (χ4v) is 3.16. The fraction of sp³-hybridized carbons (Fsp3) is 0.867. The van der Waals surface area contributed by atoms with Crippen molar-refractivity contribution < 1.29 is 14.7 Å².